The van der Waals surface area contributed by atoms with Crippen molar-refractivity contribution in [3.63, 3.8) is 0 Å². The Labute approximate surface area is 165 Å². The molecular formula is C20H28ClN5O. The molecule has 0 unspecified atom stereocenters. The zero-order valence-corrected chi connectivity index (χ0v) is 16.9. The van der Waals surface area contributed by atoms with Gasteiger partial charge in [-0.05, 0) is 76.4 Å². The third-order valence-corrected chi connectivity index (χ3v) is 5.33. The number of nitrogens with one attached hydrogen (secondary N) is 1. The van der Waals surface area contributed by atoms with E-state index < -0.39 is 0 Å². The molecule has 0 bridgehead atoms. The topological polar surface area (TPSA) is 63.1 Å². The number of benzene rings is 1. The number of nitrogens with zero attached hydrogens (tertiary/aromatic N) is 4. The second kappa shape index (κ2) is 9.33. The summed E-state index contributed by atoms with van der Waals surface area (Å²) in [7, 11) is 0. The standard InChI is InChI=1S/C20H28ClN5O/c1-15-8-12-25(13-9-15)11-4-3-10-22-20(27)19-16(2)23-26(24-19)18-7-5-6-17(21)14-18/h5-7,14-15H,3-4,8-13H2,1-2H3,(H,22,27). The Morgan fingerprint density at radius 2 is 2.04 bits per heavy atom. The number of aryl methyl sites for hydroxylation is 1. The maximum atomic E-state index is 12.4. The fourth-order valence-corrected chi connectivity index (χ4v) is 3.52. The van der Waals surface area contributed by atoms with Gasteiger partial charge < -0.3 is 10.2 Å². The number of rotatable bonds is 7. The van der Waals surface area contributed by atoms with Crippen LogP contribution < -0.4 is 5.32 Å². The van der Waals surface area contributed by atoms with E-state index in [9.17, 15) is 4.79 Å². The lowest BCUT2D eigenvalue weighted by molar-refractivity contribution is 0.0946. The number of piperidine rings is 1. The SMILES string of the molecule is Cc1nn(-c2cccc(Cl)c2)nc1C(=O)NCCCCN1CCC(C)CC1. The summed E-state index contributed by atoms with van der Waals surface area (Å²) in [6.07, 6.45) is 4.68. The first-order valence-electron chi connectivity index (χ1n) is 9.73. The lowest BCUT2D eigenvalue weighted by Gasteiger charge is -2.30. The van der Waals surface area contributed by atoms with Gasteiger partial charge in [-0.15, -0.1) is 5.10 Å². The van der Waals surface area contributed by atoms with Crippen molar-refractivity contribution < 1.29 is 4.79 Å². The first kappa shape index (κ1) is 19.8. The first-order valence-corrected chi connectivity index (χ1v) is 10.1. The Kier molecular flexibility index (Phi) is 6.85. The quantitative estimate of drug-likeness (QED) is 0.736. The van der Waals surface area contributed by atoms with Crippen molar-refractivity contribution in [1.29, 1.82) is 0 Å². The van der Waals surface area contributed by atoms with Crippen molar-refractivity contribution in [2.75, 3.05) is 26.2 Å². The van der Waals surface area contributed by atoms with E-state index >= 15 is 0 Å². The predicted octanol–water partition coefficient (Wildman–Crippen LogP) is 3.47. The number of hydrogen-bond acceptors (Lipinski definition) is 4. The molecule has 1 aliphatic rings. The van der Waals surface area contributed by atoms with Crippen molar-refractivity contribution in [3.8, 4) is 5.69 Å². The van der Waals surface area contributed by atoms with Crippen molar-refractivity contribution in [3.05, 3.63) is 40.7 Å². The Morgan fingerprint density at radius 1 is 1.26 bits per heavy atom. The summed E-state index contributed by atoms with van der Waals surface area (Å²) in [4.78, 5) is 16.4. The number of amides is 1. The summed E-state index contributed by atoms with van der Waals surface area (Å²) in [6, 6.07) is 7.25. The summed E-state index contributed by atoms with van der Waals surface area (Å²) in [5, 5.41) is 12.2. The van der Waals surface area contributed by atoms with Crippen LogP contribution in [0, 0.1) is 12.8 Å². The monoisotopic (exact) mass is 389 g/mol. The van der Waals surface area contributed by atoms with Crippen LogP contribution in [0.15, 0.2) is 24.3 Å². The molecule has 6 nitrogen and oxygen atoms in total. The third-order valence-electron chi connectivity index (χ3n) is 5.10. The van der Waals surface area contributed by atoms with E-state index in [1.165, 1.54) is 30.7 Å². The maximum absolute atomic E-state index is 12.4. The molecule has 0 aliphatic carbocycles. The molecule has 27 heavy (non-hydrogen) atoms. The smallest absolute Gasteiger partial charge is 0.273 e. The van der Waals surface area contributed by atoms with E-state index in [0.29, 0.717) is 23.0 Å². The summed E-state index contributed by atoms with van der Waals surface area (Å²) < 4.78 is 0. The van der Waals surface area contributed by atoms with Gasteiger partial charge in [0.05, 0.1) is 11.4 Å². The second-order valence-corrected chi connectivity index (χ2v) is 7.83. The molecule has 3 rings (SSSR count). The lowest BCUT2D eigenvalue weighted by Crippen LogP contribution is -2.34. The summed E-state index contributed by atoms with van der Waals surface area (Å²) in [6.45, 7) is 8.31. The normalized spacial score (nSPS) is 15.8. The molecule has 1 aromatic carbocycles. The molecule has 1 amide bonds. The van der Waals surface area contributed by atoms with Crippen LogP contribution in [-0.2, 0) is 0 Å². The van der Waals surface area contributed by atoms with Gasteiger partial charge >= 0.3 is 0 Å². The fourth-order valence-electron chi connectivity index (χ4n) is 3.34. The second-order valence-electron chi connectivity index (χ2n) is 7.39. The van der Waals surface area contributed by atoms with Crippen molar-refractivity contribution >= 4 is 17.5 Å². The minimum Gasteiger partial charge on any atom is -0.351 e. The number of unbranched alkanes of at least 4 members (excludes halogenated alkanes) is 1. The van der Waals surface area contributed by atoms with Gasteiger partial charge in [0.1, 0.15) is 0 Å². The zero-order chi connectivity index (χ0) is 19.2. The molecule has 2 aromatic rings. The highest BCUT2D eigenvalue weighted by Crippen LogP contribution is 2.16. The number of carbonyl (C=O) groups excluding carboxylic acids is 1. The lowest BCUT2D eigenvalue weighted by atomic mass is 9.99. The molecule has 7 heteroatoms. The number of aromatic nitrogens is 3. The Bertz CT molecular complexity index is 767. The number of hydrogen-bond donors (Lipinski definition) is 1. The Morgan fingerprint density at radius 3 is 2.78 bits per heavy atom. The van der Waals surface area contributed by atoms with E-state index in [1.54, 1.807) is 19.1 Å². The molecule has 1 fully saturated rings. The fraction of sp³-hybridized carbons (Fsp3) is 0.550. The van der Waals surface area contributed by atoms with Crippen molar-refractivity contribution in [2.24, 2.45) is 5.92 Å². The van der Waals surface area contributed by atoms with Gasteiger partial charge in [0.2, 0.25) is 0 Å². The van der Waals surface area contributed by atoms with Gasteiger partial charge in [0.15, 0.2) is 5.69 Å². The van der Waals surface area contributed by atoms with E-state index in [4.69, 9.17) is 11.6 Å². The van der Waals surface area contributed by atoms with Crippen LogP contribution >= 0.6 is 11.6 Å². The van der Waals surface area contributed by atoms with Crippen LogP contribution in [0.2, 0.25) is 5.02 Å². The molecule has 146 valence electrons. The zero-order valence-electron chi connectivity index (χ0n) is 16.1. The van der Waals surface area contributed by atoms with Crippen LogP contribution in [-0.4, -0.2) is 52.0 Å². The third kappa shape index (κ3) is 5.53. The highest BCUT2D eigenvalue weighted by atomic mass is 35.5. The van der Waals surface area contributed by atoms with Crippen LogP contribution in [0.25, 0.3) is 5.69 Å². The summed E-state index contributed by atoms with van der Waals surface area (Å²) in [5.74, 6) is 0.691. The Balaban J connectivity index is 1.44. The number of carbonyl (C=O) groups is 1. The summed E-state index contributed by atoms with van der Waals surface area (Å²) >= 11 is 6.01. The minimum absolute atomic E-state index is 0.174. The molecule has 0 spiro atoms. The van der Waals surface area contributed by atoms with Gasteiger partial charge in [-0.1, -0.05) is 24.6 Å². The largest absolute Gasteiger partial charge is 0.351 e. The molecule has 2 heterocycles. The molecule has 0 atom stereocenters. The van der Waals surface area contributed by atoms with Gasteiger partial charge in [0.25, 0.3) is 5.91 Å². The number of halogens is 1. The minimum atomic E-state index is -0.174. The van der Waals surface area contributed by atoms with Gasteiger partial charge in [-0.2, -0.15) is 9.90 Å². The first-order chi connectivity index (χ1) is 13.0. The van der Waals surface area contributed by atoms with Crippen LogP contribution in [0.1, 0.15) is 48.8 Å². The molecule has 0 saturated carbocycles. The maximum Gasteiger partial charge on any atom is 0.273 e. The molecule has 1 N–H and O–H groups in total. The van der Waals surface area contributed by atoms with Crippen LogP contribution in [0.4, 0.5) is 0 Å². The number of likely N-dealkylation sites (tertiary alicyclic amines) is 1. The molecular weight excluding hydrogens is 362 g/mol. The van der Waals surface area contributed by atoms with E-state index in [0.717, 1.165) is 31.0 Å². The van der Waals surface area contributed by atoms with Crippen molar-refractivity contribution in [1.82, 2.24) is 25.2 Å². The van der Waals surface area contributed by atoms with Gasteiger partial charge in [-0.25, -0.2) is 0 Å². The van der Waals surface area contributed by atoms with Crippen molar-refractivity contribution in [2.45, 2.75) is 39.5 Å². The highest BCUT2D eigenvalue weighted by molar-refractivity contribution is 6.30. The summed E-state index contributed by atoms with van der Waals surface area (Å²) in [5.41, 5.74) is 1.70. The average Bonchev–Trinajstić information content (AvgIpc) is 3.05. The van der Waals surface area contributed by atoms with E-state index in [-0.39, 0.29) is 5.91 Å². The van der Waals surface area contributed by atoms with E-state index in [2.05, 4.69) is 27.3 Å². The van der Waals surface area contributed by atoms with Gasteiger partial charge in [-0.3, -0.25) is 4.79 Å². The molecule has 1 aliphatic heterocycles. The van der Waals surface area contributed by atoms with Gasteiger partial charge in [0, 0.05) is 11.6 Å². The molecule has 0 radical (unpaired) electrons. The van der Waals surface area contributed by atoms with Crippen LogP contribution in [0.5, 0.6) is 0 Å². The highest BCUT2D eigenvalue weighted by Gasteiger charge is 2.17. The van der Waals surface area contributed by atoms with Crippen LogP contribution in [0.3, 0.4) is 0 Å². The average molecular weight is 390 g/mol. The predicted molar refractivity (Wildman–Crippen MR) is 108 cm³/mol. The molecule has 1 saturated heterocycles. The Hall–Kier alpha value is -1.92. The van der Waals surface area contributed by atoms with E-state index in [1.807, 2.05) is 12.1 Å². The molecule has 1 aromatic heterocycles.